The summed E-state index contributed by atoms with van der Waals surface area (Å²) in [6.45, 7) is 1.84. The van der Waals surface area contributed by atoms with Gasteiger partial charge in [-0.05, 0) is 24.6 Å². The van der Waals surface area contributed by atoms with Gasteiger partial charge in [0.25, 0.3) is 11.8 Å². The third kappa shape index (κ3) is 2.56. The molecule has 0 bridgehead atoms. The van der Waals surface area contributed by atoms with Crippen LogP contribution in [0.25, 0.3) is 10.9 Å². The van der Waals surface area contributed by atoms with Gasteiger partial charge in [-0.3, -0.25) is 20.4 Å². The van der Waals surface area contributed by atoms with Crippen molar-refractivity contribution in [2.45, 2.75) is 6.92 Å². The normalized spacial score (nSPS) is 10.4. The third-order valence-corrected chi connectivity index (χ3v) is 3.51. The SMILES string of the molecule is Cc1ccccc1C(=O)NNC(=O)c1c[nH]c2ccccc12. The Bertz CT molecular complexity index is 852. The molecule has 0 aliphatic heterocycles. The molecule has 0 atom stereocenters. The van der Waals surface area contributed by atoms with Crippen molar-refractivity contribution in [3.63, 3.8) is 0 Å². The zero-order valence-electron chi connectivity index (χ0n) is 12.0. The summed E-state index contributed by atoms with van der Waals surface area (Å²) >= 11 is 0. The van der Waals surface area contributed by atoms with E-state index in [0.717, 1.165) is 16.5 Å². The number of hydrogen-bond acceptors (Lipinski definition) is 2. The van der Waals surface area contributed by atoms with Crippen LogP contribution in [0.5, 0.6) is 0 Å². The number of nitrogens with one attached hydrogen (secondary N) is 3. The number of aromatic amines is 1. The van der Waals surface area contributed by atoms with Crippen molar-refractivity contribution < 1.29 is 9.59 Å². The number of hydrogen-bond donors (Lipinski definition) is 3. The van der Waals surface area contributed by atoms with Crippen molar-refractivity contribution in [2.24, 2.45) is 0 Å². The number of rotatable bonds is 2. The average Bonchev–Trinajstić information content (AvgIpc) is 2.97. The first-order chi connectivity index (χ1) is 10.7. The highest BCUT2D eigenvalue weighted by molar-refractivity contribution is 6.07. The summed E-state index contributed by atoms with van der Waals surface area (Å²) in [7, 11) is 0. The molecule has 22 heavy (non-hydrogen) atoms. The van der Waals surface area contributed by atoms with Gasteiger partial charge in [-0.25, -0.2) is 0 Å². The van der Waals surface area contributed by atoms with Crippen molar-refractivity contribution in [3.05, 3.63) is 71.4 Å². The molecule has 2 amide bonds. The highest BCUT2D eigenvalue weighted by Gasteiger charge is 2.13. The largest absolute Gasteiger partial charge is 0.360 e. The first-order valence-electron chi connectivity index (χ1n) is 6.89. The molecule has 110 valence electrons. The van der Waals surface area contributed by atoms with E-state index in [1.165, 1.54) is 0 Å². The minimum atomic E-state index is -0.362. The van der Waals surface area contributed by atoms with Crippen LogP contribution in [-0.4, -0.2) is 16.8 Å². The van der Waals surface area contributed by atoms with Gasteiger partial charge in [-0.2, -0.15) is 0 Å². The molecule has 1 aromatic heterocycles. The van der Waals surface area contributed by atoms with Crippen molar-refractivity contribution in [3.8, 4) is 0 Å². The van der Waals surface area contributed by atoms with E-state index >= 15 is 0 Å². The van der Waals surface area contributed by atoms with Gasteiger partial charge in [0.2, 0.25) is 0 Å². The zero-order chi connectivity index (χ0) is 15.5. The summed E-state index contributed by atoms with van der Waals surface area (Å²) in [5.41, 5.74) is 7.62. The van der Waals surface area contributed by atoms with E-state index in [0.29, 0.717) is 11.1 Å². The summed E-state index contributed by atoms with van der Waals surface area (Å²) in [4.78, 5) is 27.3. The molecule has 3 N–H and O–H groups in total. The number of H-pyrrole nitrogens is 1. The fourth-order valence-electron chi connectivity index (χ4n) is 2.34. The van der Waals surface area contributed by atoms with E-state index < -0.39 is 0 Å². The van der Waals surface area contributed by atoms with Gasteiger partial charge in [0.05, 0.1) is 5.56 Å². The van der Waals surface area contributed by atoms with E-state index in [1.54, 1.807) is 18.3 Å². The van der Waals surface area contributed by atoms with Crippen LogP contribution in [0.15, 0.2) is 54.7 Å². The first kappa shape index (κ1) is 13.9. The Kier molecular flexibility index (Phi) is 3.62. The second kappa shape index (κ2) is 5.73. The summed E-state index contributed by atoms with van der Waals surface area (Å²) in [6, 6.07) is 14.7. The van der Waals surface area contributed by atoms with E-state index in [2.05, 4.69) is 15.8 Å². The van der Waals surface area contributed by atoms with Crippen LogP contribution in [-0.2, 0) is 0 Å². The standard InChI is InChI=1S/C17H15N3O2/c1-11-6-2-3-7-12(11)16(21)19-20-17(22)14-10-18-15-9-5-4-8-13(14)15/h2-10,18H,1H3,(H,19,21)(H,20,22). The summed E-state index contributed by atoms with van der Waals surface area (Å²) in [5.74, 6) is -0.703. The summed E-state index contributed by atoms with van der Waals surface area (Å²) in [6.07, 6.45) is 1.62. The molecule has 0 aliphatic carbocycles. The van der Waals surface area contributed by atoms with Gasteiger partial charge >= 0.3 is 0 Å². The van der Waals surface area contributed by atoms with Gasteiger partial charge in [0, 0.05) is 22.7 Å². The second-order valence-corrected chi connectivity index (χ2v) is 4.97. The predicted molar refractivity (Wildman–Crippen MR) is 84.4 cm³/mol. The zero-order valence-corrected chi connectivity index (χ0v) is 12.0. The van der Waals surface area contributed by atoms with Gasteiger partial charge in [0.15, 0.2) is 0 Å². The Morgan fingerprint density at radius 2 is 1.50 bits per heavy atom. The van der Waals surface area contributed by atoms with Gasteiger partial charge in [0.1, 0.15) is 0 Å². The van der Waals surface area contributed by atoms with Crippen LogP contribution in [0.2, 0.25) is 0 Å². The van der Waals surface area contributed by atoms with Gasteiger partial charge in [-0.1, -0.05) is 36.4 Å². The maximum atomic E-state index is 12.2. The predicted octanol–water partition coefficient (Wildman–Crippen LogP) is 2.55. The summed E-state index contributed by atoms with van der Waals surface area (Å²) < 4.78 is 0. The fraction of sp³-hybridized carbons (Fsp3) is 0.0588. The van der Waals surface area contributed by atoms with Gasteiger partial charge in [-0.15, -0.1) is 0 Å². The Labute approximate surface area is 127 Å². The van der Waals surface area contributed by atoms with Crippen molar-refractivity contribution in [1.82, 2.24) is 15.8 Å². The molecule has 2 aromatic carbocycles. The van der Waals surface area contributed by atoms with Crippen LogP contribution >= 0.6 is 0 Å². The molecule has 0 saturated carbocycles. The van der Waals surface area contributed by atoms with E-state index in [1.807, 2.05) is 43.3 Å². The van der Waals surface area contributed by atoms with Crippen molar-refractivity contribution >= 4 is 22.7 Å². The van der Waals surface area contributed by atoms with Crippen molar-refractivity contribution in [1.29, 1.82) is 0 Å². The average molecular weight is 293 g/mol. The molecule has 0 unspecified atom stereocenters. The first-order valence-corrected chi connectivity index (χ1v) is 6.89. The Hall–Kier alpha value is -3.08. The lowest BCUT2D eigenvalue weighted by Gasteiger charge is -2.08. The minimum Gasteiger partial charge on any atom is -0.360 e. The van der Waals surface area contributed by atoms with Crippen LogP contribution in [0.3, 0.4) is 0 Å². The maximum absolute atomic E-state index is 12.2. The smallest absolute Gasteiger partial charge is 0.271 e. The fourth-order valence-corrected chi connectivity index (χ4v) is 2.34. The Balaban J connectivity index is 1.73. The number of aryl methyl sites for hydroxylation is 1. The lowest BCUT2D eigenvalue weighted by Crippen LogP contribution is -2.41. The Morgan fingerprint density at radius 1 is 0.864 bits per heavy atom. The molecule has 0 radical (unpaired) electrons. The van der Waals surface area contributed by atoms with Crippen LogP contribution in [0.1, 0.15) is 26.3 Å². The van der Waals surface area contributed by atoms with E-state index in [-0.39, 0.29) is 11.8 Å². The van der Waals surface area contributed by atoms with Gasteiger partial charge < -0.3 is 4.98 Å². The van der Waals surface area contributed by atoms with E-state index in [4.69, 9.17) is 0 Å². The number of aromatic nitrogens is 1. The number of carbonyl (C=O) groups excluding carboxylic acids is 2. The summed E-state index contributed by atoms with van der Waals surface area (Å²) in [5, 5.41) is 0.810. The topological polar surface area (TPSA) is 74.0 Å². The monoisotopic (exact) mass is 293 g/mol. The molecular weight excluding hydrogens is 278 g/mol. The number of para-hydroxylation sites is 1. The molecule has 0 fully saturated rings. The number of hydrazine groups is 1. The van der Waals surface area contributed by atoms with Crippen LogP contribution < -0.4 is 10.9 Å². The Morgan fingerprint density at radius 3 is 2.27 bits per heavy atom. The second-order valence-electron chi connectivity index (χ2n) is 4.97. The van der Waals surface area contributed by atoms with Crippen LogP contribution in [0.4, 0.5) is 0 Å². The molecule has 0 saturated heterocycles. The number of benzene rings is 2. The number of amides is 2. The lowest BCUT2D eigenvalue weighted by molar-refractivity contribution is 0.0847. The molecule has 3 aromatic rings. The highest BCUT2D eigenvalue weighted by atomic mass is 16.2. The van der Waals surface area contributed by atoms with Crippen LogP contribution in [0, 0.1) is 6.92 Å². The molecule has 3 rings (SSSR count). The van der Waals surface area contributed by atoms with E-state index in [9.17, 15) is 9.59 Å². The molecule has 0 aliphatic rings. The molecule has 5 heteroatoms. The number of fused-ring (bicyclic) bond motifs is 1. The minimum absolute atomic E-state index is 0.341. The quantitative estimate of drug-likeness (QED) is 0.635. The molecular formula is C17H15N3O2. The lowest BCUT2D eigenvalue weighted by atomic mass is 10.1. The van der Waals surface area contributed by atoms with Crippen molar-refractivity contribution in [2.75, 3.05) is 0 Å². The molecule has 1 heterocycles. The molecule has 0 spiro atoms. The third-order valence-electron chi connectivity index (χ3n) is 3.51. The highest BCUT2D eigenvalue weighted by Crippen LogP contribution is 2.17. The maximum Gasteiger partial charge on any atom is 0.271 e. The molecule has 5 nitrogen and oxygen atoms in total. The number of carbonyl (C=O) groups is 2.